The van der Waals surface area contributed by atoms with Crippen molar-refractivity contribution in [3.63, 3.8) is 0 Å². The van der Waals surface area contributed by atoms with Crippen LogP contribution in [0.25, 0.3) is 0 Å². The van der Waals surface area contributed by atoms with Crippen molar-refractivity contribution in [3.05, 3.63) is 29.3 Å². The van der Waals surface area contributed by atoms with Crippen LogP contribution in [0.15, 0.2) is 18.2 Å². The molecule has 0 unspecified atom stereocenters. The monoisotopic (exact) mass is 290 g/mol. The molecule has 0 atom stereocenters. The van der Waals surface area contributed by atoms with Crippen molar-refractivity contribution in [2.75, 3.05) is 25.4 Å². The Morgan fingerprint density at radius 2 is 2.05 bits per heavy atom. The predicted octanol–water partition coefficient (Wildman–Crippen LogP) is 2.85. The summed E-state index contributed by atoms with van der Waals surface area (Å²) in [6.45, 7) is 8.58. The predicted molar refractivity (Wildman–Crippen MR) is 85.3 cm³/mol. The summed E-state index contributed by atoms with van der Waals surface area (Å²) in [5.74, 6) is 0.640. The number of benzene rings is 1. The second kappa shape index (κ2) is 6.94. The zero-order chi connectivity index (χ0) is 15.4. The van der Waals surface area contributed by atoms with E-state index in [9.17, 15) is 4.79 Å². The third kappa shape index (κ3) is 4.21. The van der Waals surface area contributed by atoms with Crippen LogP contribution in [0.4, 0.5) is 5.69 Å². The van der Waals surface area contributed by atoms with E-state index in [1.54, 1.807) is 6.07 Å². The van der Waals surface area contributed by atoms with Crippen LogP contribution >= 0.6 is 0 Å². The average molecular weight is 290 g/mol. The second-order valence-corrected chi connectivity index (χ2v) is 6.29. The highest BCUT2D eigenvalue weighted by Gasteiger charge is 2.25. The molecule has 0 bridgehead atoms. The van der Waals surface area contributed by atoms with Gasteiger partial charge in [-0.1, -0.05) is 19.9 Å². The van der Waals surface area contributed by atoms with Crippen molar-refractivity contribution >= 4 is 11.6 Å². The SMILES string of the molecule is Cc1ccc(N)cc1C(=O)N1CCC(OCC(C)C)CC1. The molecule has 116 valence electrons. The molecule has 0 radical (unpaired) electrons. The summed E-state index contributed by atoms with van der Waals surface area (Å²) < 4.78 is 5.86. The Hall–Kier alpha value is -1.55. The van der Waals surface area contributed by atoms with E-state index in [0.29, 0.717) is 17.7 Å². The van der Waals surface area contributed by atoms with E-state index in [0.717, 1.165) is 43.7 Å². The van der Waals surface area contributed by atoms with Crippen LogP contribution in [0.2, 0.25) is 0 Å². The van der Waals surface area contributed by atoms with Crippen LogP contribution in [0.5, 0.6) is 0 Å². The first-order valence-electron chi connectivity index (χ1n) is 7.74. The van der Waals surface area contributed by atoms with Crippen LogP contribution in [0, 0.1) is 12.8 Å². The first-order valence-corrected chi connectivity index (χ1v) is 7.74. The molecule has 0 saturated carbocycles. The molecular weight excluding hydrogens is 264 g/mol. The van der Waals surface area contributed by atoms with Gasteiger partial charge in [0.2, 0.25) is 0 Å². The molecule has 0 aliphatic carbocycles. The number of nitrogen functional groups attached to an aromatic ring is 1. The third-order valence-corrected chi connectivity index (χ3v) is 3.89. The molecule has 1 aliphatic rings. The summed E-state index contributed by atoms with van der Waals surface area (Å²) in [6, 6.07) is 5.51. The maximum atomic E-state index is 12.6. The van der Waals surface area contributed by atoms with E-state index >= 15 is 0 Å². The molecule has 1 saturated heterocycles. The lowest BCUT2D eigenvalue weighted by Gasteiger charge is -2.32. The fourth-order valence-electron chi connectivity index (χ4n) is 2.59. The largest absolute Gasteiger partial charge is 0.399 e. The highest BCUT2D eigenvalue weighted by Crippen LogP contribution is 2.20. The summed E-state index contributed by atoms with van der Waals surface area (Å²) in [5, 5.41) is 0. The fraction of sp³-hybridized carbons (Fsp3) is 0.588. The van der Waals surface area contributed by atoms with E-state index in [1.165, 1.54) is 0 Å². The van der Waals surface area contributed by atoms with Crippen LogP contribution in [0.1, 0.15) is 42.6 Å². The zero-order valence-electron chi connectivity index (χ0n) is 13.3. The molecular formula is C17H26N2O2. The third-order valence-electron chi connectivity index (χ3n) is 3.89. The first kappa shape index (κ1) is 15.8. The number of likely N-dealkylation sites (tertiary alicyclic amines) is 1. The van der Waals surface area contributed by atoms with E-state index in [4.69, 9.17) is 10.5 Å². The smallest absolute Gasteiger partial charge is 0.254 e. The number of hydrogen-bond donors (Lipinski definition) is 1. The van der Waals surface area contributed by atoms with Crippen LogP contribution < -0.4 is 5.73 Å². The Kier molecular flexibility index (Phi) is 5.23. The molecule has 21 heavy (non-hydrogen) atoms. The standard InChI is InChI=1S/C17H26N2O2/c1-12(2)11-21-15-6-8-19(9-7-15)17(20)16-10-14(18)5-4-13(16)3/h4-5,10,12,15H,6-9,11,18H2,1-3H3. The number of piperidine rings is 1. The molecule has 1 fully saturated rings. The minimum absolute atomic E-state index is 0.0853. The number of carbonyl (C=O) groups excluding carboxylic acids is 1. The summed E-state index contributed by atoms with van der Waals surface area (Å²) in [5.41, 5.74) is 8.13. The van der Waals surface area contributed by atoms with E-state index in [1.807, 2.05) is 24.0 Å². The zero-order valence-corrected chi connectivity index (χ0v) is 13.3. The van der Waals surface area contributed by atoms with Gasteiger partial charge in [-0.25, -0.2) is 0 Å². The fourth-order valence-corrected chi connectivity index (χ4v) is 2.59. The van der Waals surface area contributed by atoms with Gasteiger partial charge in [0.15, 0.2) is 0 Å². The Morgan fingerprint density at radius 1 is 1.38 bits per heavy atom. The topological polar surface area (TPSA) is 55.6 Å². The van der Waals surface area contributed by atoms with Gasteiger partial charge >= 0.3 is 0 Å². The number of anilines is 1. The molecule has 1 aliphatic heterocycles. The van der Waals surface area contributed by atoms with Gasteiger partial charge in [0.05, 0.1) is 6.10 Å². The molecule has 2 N–H and O–H groups in total. The lowest BCUT2D eigenvalue weighted by Crippen LogP contribution is -2.41. The average Bonchev–Trinajstić information content (AvgIpc) is 2.47. The molecule has 1 amide bonds. The Morgan fingerprint density at radius 3 is 2.67 bits per heavy atom. The minimum atomic E-state index is 0.0853. The molecule has 1 aromatic carbocycles. The van der Waals surface area contributed by atoms with Gasteiger partial charge in [0, 0.05) is 30.9 Å². The van der Waals surface area contributed by atoms with Gasteiger partial charge < -0.3 is 15.4 Å². The summed E-state index contributed by atoms with van der Waals surface area (Å²) in [7, 11) is 0. The number of ether oxygens (including phenoxy) is 1. The van der Waals surface area contributed by atoms with Crippen molar-refractivity contribution < 1.29 is 9.53 Å². The molecule has 4 nitrogen and oxygen atoms in total. The Labute approximate surface area is 127 Å². The van der Waals surface area contributed by atoms with Gasteiger partial charge in [-0.2, -0.15) is 0 Å². The van der Waals surface area contributed by atoms with E-state index < -0.39 is 0 Å². The number of amides is 1. The normalized spacial score (nSPS) is 16.5. The van der Waals surface area contributed by atoms with Crippen LogP contribution in [0.3, 0.4) is 0 Å². The van der Waals surface area contributed by atoms with Gasteiger partial charge in [0.1, 0.15) is 0 Å². The lowest BCUT2D eigenvalue weighted by molar-refractivity contribution is -0.00232. The number of hydrogen-bond acceptors (Lipinski definition) is 3. The van der Waals surface area contributed by atoms with Gasteiger partial charge in [-0.15, -0.1) is 0 Å². The first-order chi connectivity index (χ1) is 9.97. The number of nitrogens with zero attached hydrogens (tertiary/aromatic N) is 1. The van der Waals surface area contributed by atoms with Crippen molar-refractivity contribution in [1.29, 1.82) is 0 Å². The Balaban J connectivity index is 1.92. The quantitative estimate of drug-likeness (QED) is 0.868. The van der Waals surface area contributed by atoms with Crippen LogP contribution in [-0.2, 0) is 4.74 Å². The minimum Gasteiger partial charge on any atom is -0.399 e. The summed E-state index contributed by atoms with van der Waals surface area (Å²) in [6.07, 6.45) is 2.12. The second-order valence-electron chi connectivity index (χ2n) is 6.29. The summed E-state index contributed by atoms with van der Waals surface area (Å²) >= 11 is 0. The van der Waals surface area contributed by atoms with E-state index in [-0.39, 0.29) is 5.91 Å². The van der Waals surface area contributed by atoms with Crippen LogP contribution in [-0.4, -0.2) is 36.6 Å². The molecule has 2 rings (SSSR count). The maximum absolute atomic E-state index is 12.6. The molecule has 1 aromatic rings. The van der Waals surface area contributed by atoms with E-state index in [2.05, 4.69) is 13.8 Å². The van der Waals surface area contributed by atoms with Crippen molar-refractivity contribution in [1.82, 2.24) is 4.90 Å². The molecule has 4 heteroatoms. The van der Waals surface area contributed by atoms with Crippen molar-refractivity contribution in [2.45, 2.75) is 39.7 Å². The molecule has 0 spiro atoms. The van der Waals surface area contributed by atoms with Gasteiger partial charge in [0.25, 0.3) is 5.91 Å². The summed E-state index contributed by atoms with van der Waals surface area (Å²) in [4.78, 5) is 14.5. The molecule has 0 aromatic heterocycles. The highest BCUT2D eigenvalue weighted by atomic mass is 16.5. The maximum Gasteiger partial charge on any atom is 0.254 e. The molecule has 1 heterocycles. The Bertz CT molecular complexity index is 492. The lowest BCUT2D eigenvalue weighted by atomic mass is 10.0. The number of aryl methyl sites for hydroxylation is 1. The van der Waals surface area contributed by atoms with Crippen molar-refractivity contribution in [3.8, 4) is 0 Å². The number of carbonyl (C=O) groups is 1. The van der Waals surface area contributed by atoms with Crippen molar-refractivity contribution in [2.24, 2.45) is 5.92 Å². The number of rotatable bonds is 4. The van der Waals surface area contributed by atoms with Gasteiger partial charge in [-0.3, -0.25) is 4.79 Å². The number of nitrogens with two attached hydrogens (primary N) is 1. The highest BCUT2D eigenvalue weighted by molar-refractivity contribution is 5.96. The van der Waals surface area contributed by atoms with Gasteiger partial charge in [-0.05, 0) is 43.4 Å².